The number of carbonyl (C=O) groups is 1. The van der Waals surface area contributed by atoms with Gasteiger partial charge in [0.05, 0.1) is 18.1 Å². The zero-order valence-electron chi connectivity index (χ0n) is 17.1. The first kappa shape index (κ1) is 22.4. The lowest BCUT2D eigenvalue weighted by Crippen LogP contribution is -2.40. The molecule has 0 radical (unpaired) electrons. The number of rotatable bonds is 8. The second kappa shape index (κ2) is 10.1. The molecule has 0 aromatic heterocycles. The van der Waals surface area contributed by atoms with E-state index in [1.165, 1.54) is 16.4 Å². The Labute approximate surface area is 177 Å². The van der Waals surface area contributed by atoms with Gasteiger partial charge in [0, 0.05) is 32.6 Å². The molecule has 0 saturated carbocycles. The van der Waals surface area contributed by atoms with E-state index in [9.17, 15) is 17.6 Å². The molecule has 0 aliphatic carbocycles. The van der Waals surface area contributed by atoms with Crippen molar-refractivity contribution in [2.45, 2.75) is 31.2 Å². The summed E-state index contributed by atoms with van der Waals surface area (Å²) in [7, 11) is -3.52. The zero-order chi connectivity index (χ0) is 21.6. The fourth-order valence-corrected chi connectivity index (χ4v) is 4.81. The van der Waals surface area contributed by atoms with E-state index >= 15 is 0 Å². The van der Waals surface area contributed by atoms with Gasteiger partial charge in [0.15, 0.2) is 0 Å². The second-order valence-corrected chi connectivity index (χ2v) is 9.14. The van der Waals surface area contributed by atoms with Crippen LogP contribution in [-0.4, -0.2) is 56.4 Å². The molecule has 1 amide bonds. The number of halogens is 1. The van der Waals surface area contributed by atoms with E-state index in [2.05, 4.69) is 0 Å². The van der Waals surface area contributed by atoms with Gasteiger partial charge in [0.25, 0.3) is 0 Å². The predicted octanol–water partition coefficient (Wildman–Crippen LogP) is 2.83. The normalized spacial score (nSPS) is 15.1. The quantitative estimate of drug-likeness (QED) is 0.641. The Balaban J connectivity index is 1.57. The Hall–Kier alpha value is -2.29. The van der Waals surface area contributed by atoms with Gasteiger partial charge in [-0.1, -0.05) is 24.3 Å². The summed E-state index contributed by atoms with van der Waals surface area (Å²) in [6.45, 7) is 4.32. The average molecular weight is 435 g/mol. The minimum absolute atomic E-state index is 0.0215. The molecule has 1 saturated heterocycles. The Morgan fingerprint density at radius 2 is 1.80 bits per heavy atom. The van der Waals surface area contributed by atoms with Crippen molar-refractivity contribution in [1.29, 1.82) is 0 Å². The Morgan fingerprint density at radius 3 is 2.43 bits per heavy atom. The predicted molar refractivity (Wildman–Crippen MR) is 112 cm³/mol. The highest BCUT2D eigenvalue weighted by Gasteiger charge is 2.26. The lowest BCUT2D eigenvalue weighted by molar-refractivity contribution is -0.131. The van der Waals surface area contributed by atoms with Gasteiger partial charge in [-0.15, -0.1) is 0 Å². The van der Waals surface area contributed by atoms with Crippen LogP contribution in [0, 0.1) is 5.82 Å². The molecule has 1 aliphatic rings. The van der Waals surface area contributed by atoms with E-state index in [1.54, 1.807) is 41.3 Å². The van der Waals surface area contributed by atoms with Gasteiger partial charge in [-0.3, -0.25) is 4.79 Å². The molecule has 30 heavy (non-hydrogen) atoms. The minimum atomic E-state index is -3.52. The molecule has 0 bridgehead atoms. The molecule has 0 N–H and O–H groups in total. The molecule has 1 heterocycles. The van der Waals surface area contributed by atoms with Gasteiger partial charge in [0.1, 0.15) is 5.82 Å². The van der Waals surface area contributed by atoms with Crippen LogP contribution < -0.4 is 0 Å². The largest absolute Gasteiger partial charge is 0.379 e. The molecule has 1 aliphatic heterocycles. The van der Waals surface area contributed by atoms with Gasteiger partial charge >= 0.3 is 0 Å². The van der Waals surface area contributed by atoms with Crippen molar-refractivity contribution in [3.05, 3.63) is 65.5 Å². The number of hydrogen-bond acceptors (Lipinski definition) is 4. The highest BCUT2D eigenvalue weighted by Crippen LogP contribution is 2.18. The molecule has 0 atom stereocenters. The molecule has 2 aromatic rings. The SMILES string of the molecule is CCN(Cc1cccc(F)c1)C(=O)CCc1ccc(S(=O)(=O)N2CCOCC2)cc1. The molecular formula is C22H27FN2O4S. The molecule has 2 aromatic carbocycles. The van der Waals surface area contributed by atoms with Crippen LogP contribution in [0.4, 0.5) is 4.39 Å². The molecule has 162 valence electrons. The smallest absolute Gasteiger partial charge is 0.243 e. The van der Waals surface area contributed by atoms with Crippen molar-refractivity contribution in [2.24, 2.45) is 0 Å². The highest BCUT2D eigenvalue weighted by molar-refractivity contribution is 7.89. The van der Waals surface area contributed by atoms with Crippen molar-refractivity contribution in [3.63, 3.8) is 0 Å². The van der Waals surface area contributed by atoms with Crippen molar-refractivity contribution in [3.8, 4) is 0 Å². The summed E-state index contributed by atoms with van der Waals surface area (Å²) in [5, 5.41) is 0. The van der Waals surface area contributed by atoms with E-state index in [0.717, 1.165) is 11.1 Å². The van der Waals surface area contributed by atoms with Crippen LogP contribution in [0.1, 0.15) is 24.5 Å². The van der Waals surface area contributed by atoms with Gasteiger partial charge in [-0.2, -0.15) is 4.31 Å². The molecule has 8 heteroatoms. The van der Waals surface area contributed by atoms with Crippen LogP contribution in [0.2, 0.25) is 0 Å². The van der Waals surface area contributed by atoms with Gasteiger partial charge in [-0.25, -0.2) is 12.8 Å². The molecule has 0 spiro atoms. The molecule has 0 unspecified atom stereocenters. The Bertz CT molecular complexity index is 957. The number of carbonyl (C=O) groups excluding carboxylic acids is 1. The second-order valence-electron chi connectivity index (χ2n) is 7.20. The van der Waals surface area contributed by atoms with Crippen molar-refractivity contribution in [1.82, 2.24) is 9.21 Å². The van der Waals surface area contributed by atoms with Gasteiger partial charge < -0.3 is 9.64 Å². The van der Waals surface area contributed by atoms with E-state index in [-0.39, 0.29) is 16.6 Å². The number of amides is 1. The van der Waals surface area contributed by atoms with Crippen LogP contribution in [0.5, 0.6) is 0 Å². The fourth-order valence-electron chi connectivity index (χ4n) is 3.41. The van der Waals surface area contributed by atoms with E-state index < -0.39 is 10.0 Å². The van der Waals surface area contributed by atoms with Crippen molar-refractivity contribution >= 4 is 15.9 Å². The van der Waals surface area contributed by atoms with Crippen LogP contribution in [0.15, 0.2) is 53.4 Å². The third kappa shape index (κ3) is 5.65. The van der Waals surface area contributed by atoms with E-state index in [0.29, 0.717) is 52.2 Å². The maximum Gasteiger partial charge on any atom is 0.243 e. The molecule has 6 nitrogen and oxygen atoms in total. The number of nitrogens with zero attached hydrogens (tertiary/aromatic N) is 2. The molecule has 1 fully saturated rings. The lowest BCUT2D eigenvalue weighted by atomic mass is 10.1. The summed E-state index contributed by atoms with van der Waals surface area (Å²) in [4.78, 5) is 14.5. The minimum Gasteiger partial charge on any atom is -0.379 e. The summed E-state index contributed by atoms with van der Waals surface area (Å²) in [5.74, 6) is -0.338. The first-order valence-corrected chi connectivity index (χ1v) is 11.5. The topological polar surface area (TPSA) is 66.9 Å². The monoisotopic (exact) mass is 434 g/mol. The molecular weight excluding hydrogens is 407 g/mol. The summed E-state index contributed by atoms with van der Waals surface area (Å²) in [5.41, 5.74) is 1.65. The van der Waals surface area contributed by atoms with Crippen molar-refractivity contribution < 1.29 is 22.3 Å². The third-order valence-corrected chi connectivity index (χ3v) is 7.07. The van der Waals surface area contributed by atoms with Crippen LogP contribution >= 0.6 is 0 Å². The van der Waals surface area contributed by atoms with E-state index in [4.69, 9.17) is 4.74 Å². The Kier molecular flexibility index (Phi) is 7.58. The summed E-state index contributed by atoms with van der Waals surface area (Å²) < 4.78 is 45.4. The van der Waals surface area contributed by atoms with Gasteiger partial charge in [0.2, 0.25) is 15.9 Å². The number of morpholine rings is 1. The standard InChI is InChI=1S/C22H27FN2O4S/c1-2-24(17-19-4-3-5-20(23)16-19)22(26)11-8-18-6-9-21(10-7-18)30(27,28)25-12-14-29-15-13-25/h3-7,9-10,16H,2,8,11-15,17H2,1H3. The third-order valence-electron chi connectivity index (χ3n) is 5.16. The van der Waals surface area contributed by atoms with Crippen molar-refractivity contribution in [2.75, 3.05) is 32.8 Å². The van der Waals surface area contributed by atoms with E-state index in [1.807, 2.05) is 6.92 Å². The highest BCUT2D eigenvalue weighted by atomic mass is 32.2. The number of aryl methyl sites for hydroxylation is 1. The van der Waals surface area contributed by atoms with Crippen LogP contribution in [0.25, 0.3) is 0 Å². The first-order valence-electron chi connectivity index (χ1n) is 10.1. The number of hydrogen-bond donors (Lipinski definition) is 0. The van der Waals surface area contributed by atoms with Crippen LogP contribution in [-0.2, 0) is 32.5 Å². The zero-order valence-corrected chi connectivity index (χ0v) is 17.9. The maximum atomic E-state index is 13.4. The summed E-state index contributed by atoms with van der Waals surface area (Å²) >= 11 is 0. The number of sulfonamides is 1. The first-order chi connectivity index (χ1) is 14.4. The van der Waals surface area contributed by atoms with Gasteiger partial charge in [-0.05, 0) is 48.7 Å². The number of ether oxygens (including phenoxy) is 1. The summed E-state index contributed by atoms with van der Waals surface area (Å²) in [6.07, 6.45) is 0.815. The lowest BCUT2D eigenvalue weighted by Gasteiger charge is -2.26. The fraction of sp³-hybridized carbons (Fsp3) is 0.409. The number of benzene rings is 2. The molecule has 3 rings (SSSR count). The maximum absolute atomic E-state index is 13.4. The van der Waals surface area contributed by atoms with Crippen LogP contribution in [0.3, 0.4) is 0 Å². The summed E-state index contributed by atoms with van der Waals surface area (Å²) in [6, 6.07) is 12.9. The average Bonchev–Trinajstić information content (AvgIpc) is 2.76. The Morgan fingerprint density at radius 1 is 1.10 bits per heavy atom.